The van der Waals surface area contributed by atoms with Crippen LogP contribution in [0.3, 0.4) is 0 Å². The Kier molecular flexibility index (Phi) is 8.55. The van der Waals surface area contributed by atoms with Gasteiger partial charge in [0.1, 0.15) is 11.6 Å². The van der Waals surface area contributed by atoms with E-state index in [-0.39, 0.29) is 19.8 Å². The Labute approximate surface area is 156 Å². The van der Waals surface area contributed by atoms with Gasteiger partial charge < -0.3 is 5.11 Å². The molecule has 6 heteroatoms. The molecule has 0 aromatic heterocycles. The van der Waals surface area contributed by atoms with Crippen molar-refractivity contribution < 1.29 is 26.5 Å². The molecule has 0 fully saturated rings. The summed E-state index contributed by atoms with van der Waals surface area (Å²) in [6, 6.07) is 10.7. The van der Waals surface area contributed by atoms with E-state index >= 15 is 0 Å². The van der Waals surface area contributed by atoms with Crippen molar-refractivity contribution in [2.24, 2.45) is 0 Å². The molecule has 0 bridgehead atoms. The average Bonchev–Trinajstić information content (AvgIpc) is 2.44. The van der Waals surface area contributed by atoms with Crippen molar-refractivity contribution in [3.8, 4) is 5.75 Å². The minimum atomic E-state index is -0.556. The van der Waals surface area contributed by atoms with Crippen LogP contribution in [0.5, 0.6) is 5.75 Å². The zero-order valence-electron chi connectivity index (χ0n) is 13.5. The van der Waals surface area contributed by atoms with Gasteiger partial charge in [-0.15, -0.1) is 0 Å². The molecule has 0 saturated heterocycles. The summed E-state index contributed by atoms with van der Waals surface area (Å²) in [6.07, 6.45) is 0. The fourth-order valence-electron chi connectivity index (χ4n) is 2.15. The van der Waals surface area contributed by atoms with Gasteiger partial charge in [0, 0.05) is 16.2 Å². The number of benzene rings is 2. The Bertz CT molecular complexity index is 660. The molecule has 2 aromatic carbocycles. The van der Waals surface area contributed by atoms with E-state index in [1.165, 1.54) is 6.07 Å². The van der Waals surface area contributed by atoms with Crippen LogP contribution in [0, 0.1) is 12.7 Å². The van der Waals surface area contributed by atoms with Gasteiger partial charge in [-0.2, -0.15) is 0 Å². The number of hydrogen-bond acceptors (Lipinski definition) is 1. The first-order chi connectivity index (χ1) is 10.7. The summed E-state index contributed by atoms with van der Waals surface area (Å²) in [7, 11) is 9.90. The van der Waals surface area contributed by atoms with Crippen LogP contribution in [-0.4, -0.2) is 5.11 Å². The predicted octanol–water partition coefficient (Wildman–Crippen LogP) is 5.14. The SMILES string of the molecule is Cc1cc(Pc2ccccc2F)c(O)c(C(C)(C)C)c1.[Cl][Ti][Cl]. The third kappa shape index (κ3) is 6.37. The van der Waals surface area contributed by atoms with E-state index in [2.05, 4.69) is 20.8 Å². The number of aromatic hydroxyl groups is 1. The fraction of sp³-hybridized carbons (Fsp3) is 0.294. The monoisotopic (exact) mass is 408 g/mol. The maximum atomic E-state index is 13.8. The van der Waals surface area contributed by atoms with Crippen LogP contribution < -0.4 is 10.6 Å². The second-order valence-corrected chi connectivity index (χ2v) is 10.0. The molecular weight excluding hydrogens is 389 g/mol. The normalized spacial score (nSPS) is 11.3. The summed E-state index contributed by atoms with van der Waals surface area (Å²) < 4.78 is 13.8. The van der Waals surface area contributed by atoms with Gasteiger partial charge in [-0.25, -0.2) is 4.39 Å². The van der Waals surface area contributed by atoms with Gasteiger partial charge in [-0.3, -0.25) is 0 Å². The third-order valence-electron chi connectivity index (χ3n) is 3.21. The van der Waals surface area contributed by atoms with E-state index in [4.69, 9.17) is 18.6 Å². The van der Waals surface area contributed by atoms with Gasteiger partial charge in [0.15, 0.2) is 0 Å². The van der Waals surface area contributed by atoms with Crippen molar-refractivity contribution in [2.75, 3.05) is 0 Å². The molecule has 0 radical (unpaired) electrons. The van der Waals surface area contributed by atoms with Crippen LogP contribution in [0.15, 0.2) is 36.4 Å². The van der Waals surface area contributed by atoms with E-state index < -0.39 is 17.0 Å². The Morgan fingerprint density at radius 1 is 1.09 bits per heavy atom. The molecule has 0 spiro atoms. The fourth-order valence-corrected chi connectivity index (χ4v) is 3.38. The number of rotatable bonds is 2. The van der Waals surface area contributed by atoms with Crippen molar-refractivity contribution >= 4 is 37.8 Å². The second-order valence-electron chi connectivity index (χ2n) is 6.13. The van der Waals surface area contributed by atoms with Gasteiger partial charge in [0.25, 0.3) is 0 Å². The number of aryl methyl sites for hydroxylation is 1. The molecule has 2 aromatic rings. The summed E-state index contributed by atoms with van der Waals surface area (Å²) in [5.41, 5.74) is 1.87. The van der Waals surface area contributed by atoms with Crippen LogP contribution in [0.2, 0.25) is 0 Å². The van der Waals surface area contributed by atoms with Crippen molar-refractivity contribution in [1.82, 2.24) is 0 Å². The van der Waals surface area contributed by atoms with Crippen molar-refractivity contribution in [2.45, 2.75) is 33.1 Å². The number of phenols is 1. The number of phenolic OH excluding ortho intramolecular Hbond substituents is 1. The van der Waals surface area contributed by atoms with Crippen LogP contribution in [0.4, 0.5) is 4.39 Å². The zero-order valence-corrected chi connectivity index (χ0v) is 17.6. The topological polar surface area (TPSA) is 20.2 Å². The van der Waals surface area contributed by atoms with Gasteiger partial charge in [-0.05, 0) is 30.0 Å². The summed E-state index contributed by atoms with van der Waals surface area (Å²) in [5, 5.41) is 11.9. The molecule has 23 heavy (non-hydrogen) atoms. The maximum absolute atomic E-state index is 13.8. The minimum absolute atomic E-state index is 0.121. The Hall–Kier alpha value is -0.106. The molecular formula is C17H20Cl2FOPTi. The van der Waals surface area contributed by atoms with Crippen LogP contribution in [-0.2, 0) is 22.4 Å². The number of hydrogen-bond donors (Lipinski definition) is 1. The van der Waals surface area contributed by atoms with Gasteiger partial charge in [0.05, 0.1) is 0 Å². The third-order valence-corrected chi connectivity index (χ3v) is 4.53. The molecule has 0 aliphatic carbocycles. The van der Waals surface area contributed by atoms with Crippen molar-refractivity contribution in [3.05, 3.63) is 53.3 Å². The second kappa shape index (κ2) is 9.40. The summed E-state index contributed by atoms with van der Waals surface area (Å²) in [6.45, 7) is 8.20. The molecule has 0 aliphatic heterocycles. The summed E-state index contributed by atoms with van der Waals surface area (Å²) >= 11 is -0.556. The molecule has 0 aliphatic rings. The first kappa shape index (κ1) is 20.9. The molecule has 124 valence electrons. The van der Waals surface area contributed by atoms with E-state index in [0.717, 1.165) is 16.4 Å². The molecule has 0 saturated carbocycles. The van der Waals surface area contributed by atoms with Crippen LogP contribution >= 0.6 is 27.2 Å². The van der Waals surface area contributed by atoms with Gasteiger partial charge >= 0.3 is 35.6 Å². The first-order valence-corrected chi connectivity index (χ1v) is 12.3. The van der Waals surface area contributed by atoms with E-state index in [1.807, 2.05) is 25.1 Å². The molecule has 1 atom stereocenters. The molecule has 1 nitrogen and oxygen atoms in total. The van der Waals surface area contributed by atoms with Crippen molar-refractivity contribution in [3.63, 3.8) is 0 Å². The predicted molar refractivity (Wildman–Crippen MR) is 97.2 cm³/mol. The van der Waals surface area contributed by atoms with E-state index in [9.17, 15) is 9.50 Å². The number of halogens is 3. The summed E-state index contributed by atoms with van der Waals surface area (Å²) in [4.78, 5) is 0. The Balaban J connectivity index is 0.000000816. The summed E-state index contributed by atoms with van der Waals surface area (Å²) in [5.74, 6) is 0.0775. The van der Waals surface area contributed by atoms with Crippen molar-refractivity contribution in [1.29, 1.82) is 0 Å². The molecule has 0 amide bonds. The molecule has 0 heterocycles. The molecule has 1 unspecified atom stereocenters. The zero-order chi connectivity index (χ0) is 17.6. The molecule has 2 rings (SSSR count). The van der Waals surface area contributed by atoms with E-state index in [1.54, 1.807) is 12.1 Å². The van der Waals surface area contributed by atoms with Gasteiger partial charge in [0.2, 0.25) is 0 Å². The van der Waals surface area contributed by atoms with Gasteiger partial charge in [-0.1, -0.05) is 53.6 Å². The Morgan fingerprint density at radius 2 is 1.65 bits per heavy atom. The first-order valence-electron chi connectivity index (χ1n) is 7.02. The van der Waals surface area contributed by atoms with E-state index in [0.29, 0.717) is 11.1 Å². The van der Waals surface area contributed by atoms with Crippen LogP contribution in [0.25, 0.3) is 0 Å². The Morgan fingerprint density at radius 3 is 2.17 bits per heavy atom. The molecule has 1 N–H and O–H groups in total. The standard InChI is InChI=1S/C17H20FOP.2ClH.Ti/c1-11-9-12(17(2,3)4)16(19)15(10-11)20-14-8-6-5-7-13(14)18;;;/h5-10,19-20H,1-4H3;2*1H;/q;;;+2/p-2. The quantitative estimate of drug-likeness (QED) is 0.538. The van der Waals surface area contributed by atoms with Crippen LogP contribution in [0.1, 0.15) is 31.9 Å². The average molecular weight is 409 g/mol.